The number of fused-ring (bicyclic) bond motifs is 1. The smallest absolute Gasteiger partial charge is 0.276 e. The molecule has 2 aromatic rings. The molecule has 0 spiro atoms. The van der Waals surface area contributed by atoms with E-state index in [2.05, 4.69) is 10.00 Å². The van der Waals surface area contributed by atoms with Crippen LogP contribution in [0.1, 0.15) is 11.3 Å². The van der Waals surface area contributed by atoms with Gasteiger partial charge in [-0.25, -0.2) is 4.68 Å². The van der Waals surface area contributed by atoms with E-state index in [1.54, 1.807) is 16.8 Å². The number of aromatic nitrogens is 2. The summed E-state index contributed by atoms with van der Waals surface area (Å²) in [4.78, 5) is 14.3. The molecule has 1 N–H and O–H groups in total. The average molecular weight is 250 g/mol. The molecule has 0 saturated carbocycles. The average Bonchev–Trinajstić information content (AvgIpc) is 2.78. The van der Waals surface area contributed by atoms with E-state index in [0.29, 0.717) is 11.6 Å². The zero-order valence-corrected chi connectivity index (χ0v) is 10.2. The minimum atomic E-state index is 0.0200. The van der Waals surface area contributed by atoms with Crippen molar-refractivity contribution in [3.05, 3.63) is 50.9 Å². The van der Waals surface area contributed by atoms with Crippen molar-refractivity contribution in [1.29, 1.82) is 0 Å². The summed E-state index contributed by atoms with van der Waals surface area (Å²) in [6.07, 6.45) is 0. The molecule has 5 heteroatoms. The van der Waals surface area contributed by atoms with Gasteiger partial charge in [0.2, 0.25) is 0 Å². The first-order valence-electron chi connectivity index (χ1n) is 5.42. The van der Waals surface area contributed by atoms with Gasteiger partial charge < -0.3 is 0 Å². The predicted octanol–water partition coefficient (Wildman–Crippen LogP) is 1.76. The molecule has 1 aliphatic heterocycles. The second kappa shape index (κ2) is 3.75. The van der Waals surface area contributed by atoms with Crippen LogP contribution in [0.4, 0.5) is 0 Å². The number of aromatic amines is 1. The van der Waals surface area contributed by atoms with Crippen molar-refractivity contribution in [2.45, 2.75) is 13.1 Å². The minimum absolute atomic E-state index is 0.0200. The minimum Gasteiger partial charge on any atom is -0.296 e. The Bertz CT molecular complexity index is 629. The maximum Gasteiger partial charge on any atom is 0.276 e. The number of hydrogen-bond donors (Lipinski definition) is 1. The molecule has 0 unspecified atom stereocenters. The molecule has 2 heterocycles. The number of rotatable bonds is 1. The van der Waals surface area contributed by atoms with Crippen molar-refractivity contribution in [3.8, 4) is 5.69 Å². The Balaban J connectivity index is 2.13. The van der Waals surface area contributed by atoms with Gasteiger partial charge in [-0.3, -0.25) is 14.8 Å². The number of hydrogen-bond acceptors (Lipinski definition) is 2. The Morgan fingerprint density at radius 3 is 2.88 bits per heavy atom. The van der Waals surface area contributed by atoms with Gasteiger partial charge in [0.05, 0.1) is 16.9 Å². The highest BCUT2D eigenvalue weighted by Crippen LogP contribution is 2.18. The van der Waals surface area contributed by atoms with Crippen molar-refractivity contribution in [2.75, 3.05) is 7.05 Å². The third-order valence-electron chi connectivity index (χ3n) is 2.99. The second-order valence-corrected chi connectivity index (χ2v) is 4.80. The molecule has 0 fully saturated rings. The Kier molecular flexibility index (Phi) is 2.34. The highest BCUT2D eigenvalue weighted by Gasteiger charge is 2.23. The van der Waals surface area contributed by atoms with Gasteiger partial charge in [-0.05, 0) is 25.2 Å². The lowest BCUT2D eigenvalue weighted by Crippen LogP contribution is -2.20. The van der Waals surface area contributed by atoms with E-state index in [-0.39, 0.29) is 5.56 Å². The number of H-pyrrole nitrogens is 1. The molecule has 0 aliphatic carbocycles. The Labute approximate surface area is 103 Å². The van der Waals surface area contributed by atoms with Gasteiger partial charge in [0, 0.05) is 18.1 Å². The highest BCUT2D eigenvalue weighted by atomic mass is 35.5. The molecule has 0 radical (unpaired) electrons. The van der Waals surface area contributed by atoms with Crippen molar-refractivity contribution in [3.63, 3.8) is 0 Å². The fourth-order valence-corrected chi connectivity index (χ4v) is 2.39. The zero-order chi connectivity index (χ0) is 12.0. The summed E-state index contributed by atoms with van der Waals surface area (Å²) in [6, 6.07) is 7.27. The first-order chi connectivity index (χ1) is 8.15. The maximum atomic E-state index is 12.2. The van der Waals surface area contributed by atoms with Crippen molar-refractivity contribution in [2.24, 2.45) is 0 Å². The summed E-state index contributed by atoms with van der Waals surface area (Å²) in [5.41, 5.74) is 2.65. The normalized spacial score (nSPS) is 15.2. The third kappa shape index (κ3) is 1.69. The van der Waals surface area contributed by atoms with Crippen LogP contribution >= 0.6 is 11.6 Å². The van der Waals surface area contributed by atoms with Gasteiger partial charge >= 0.3 is 0 Å². The van der Waals surface area contributed by atoms with E-state index in [9.17, 15) is 4.79 Å². The van der Waals surface area contributed by atoms with Gasteiger partial charge in [-0.2, -0.15) is 0 Å². The van der Waals surface area contributed by atoms with Crippen LogP contribution in [0.2, 0.25) is 5.02 Å². The molecular formula is C12H12ClN3O. The summed E-state index contributed by atoms with van der Waals surface area (Å²) < 4.78 is 1.56. The number of benzene rings is 1. The van der Waals surface area contributed by atoms with Crippen molar-refractivity contribution in [1.82, 2.24) is 14.7 Å². The topological polar surface area (TPSA) is 41.0 Å². The molecule has 3 rings (SSSR count). The van der Waals surface area contributed by atoms with Crippen molar-refractivity contribution < 1.29 is 0 Å². The molecular weight excluding hydrogens is 238 g/mol. The summed E-state index contributed by atoms with van der Waals surface area (Å²) in [7, 11) is 2.00. The molecule has 0 atom stereocenters. The van der Waals surface area contributed by atoms with E-state index in [1.807, 2.05) is 19.2 Å². The van der Waals surface area contributed by atoms with Crippen LogP contribution < -0.4 is 5.56 Å². The Hall–Kier alpha value is -1.52. The predicted molar refractivity (Wildman–Crippen MR) is 66.6 cm³/mol. The fraction of sp³-hybridized carbons (Fsp3) is 0.250. The van der Waals surface area contributed by atoms with Gasteiger partial charge in [0.25, 0.3) is 5.56 Å². The maximum absolute atomic E-state index is 12.2. The zero-order valence-electron chi connectivity index (χ0n) is 9.40. The van der Waals surface area contributed by atoms with Crippen LogP contribution in [0.3, 0.4) is 0 Å². The number of nitrogens with one attached hydrogen (secondary N) is 1. The molecule has 4 nitrogen and oxygen atoms in total. The SMILES string of the molecule is CN1Cc2[nH]n(-c3cccc(Cl)c3)c(=O)c2C1. The molecule has 1 aromatic heterocycles. The lowest BCUT2D eigenvalue weighted by Gasteiger charge is -2.07. The summed E-state index contributed by atoms with van der Waals surface area (Å²) in [6.45, 7) is 1.50. The molecule has 1 aliphatic rings. The monoisotopic (exact) mass is 249 g/mol. The fourth-order valence-electron chi connectivity index (χ4n) is 2.20. The highest BCUT2D eigenvalue weighted by molar-refractivity contribution is 6.30. The van der Waals surface area contributed by atoms with Crippen LogP contribution in [-0.2, 0) is 13.1 Å². The summed E-state index contributed by atoms with van der Waals surface area (Å²) >= 11 is 5.93. The number of halogens is 1. The van der Waals surface area contributed by atoms with Gasteiger partial charge in [-0.15, -0.1) is 0 Å². The van der Waals surface area contributed by atoms with Crippen LogP contribution in [0.5, 0.6) is 0 Å². The molecule has 0 bridgehead atoms. The van der Waals surface area contributed by atoms with Gasteiger partial charge in [0.1, 0.15) is 0 Å². The first-order valence-corrected chi connectivity index (χ1v) is 5.80. The van der Waals surface area contributed by atoms with Crippen LogP contribution in [0, 0.1) is 0 Å². The lowest BCUT2D eigenvalue weighted by atomic mass is 10.3. The molecule has 88 valence electrons. The third-order valence-corrected chi connectivity index (χ3v) is 3.23. The van der Waals surface area contributed by atoms with E-state index in [1.165, 1.54) is 0 Å². The molecule has 1 aromatic carbocycles. The van der Waals surface area contributed by atoms with Crippen LogP contribution in [0.15, 0.2) is 29.1 Å². The second-order valence-electron chi connectivity index (χ2n) is 4.36. The summed E-state index contributed by atoms with van der Waals surface area (Å²) in [5.74, 6) is 0. The Morgan fingerprint density at radius 1 is 1.35 bits per heavy atom. The van der Waals surface area contributed by atoms with Crippen LogP contribution in [-0.4, -0.2) is 21.7 Å². The van der Waals surface area contributed by atoms with E-state index in [0.717, 1.165) is 23.5 Å². The number of nitrogens with zero attached hydrogens (tertiary/aromatic N) is 2. The standard InChI is InChI=1S/C12H12ClN3O/c1-15-6-10-11(7-15)14-16(12(10)17)9-4-2-3-8(13)5-9/h2-5,14H,6-7H2,1H3. The molecule has 0 saturated heterocycles. The molecule has 0 amide bonds. The van der Waals surface area contributed by atoms with Gasteiger partial charge in [-0.1, -0.05) is 17.7 Å². The summed E-state index contributed by atoms with van der Waals surface area (Å²) in [5, 5.41) is 3.77. The van der Waals surface area contributed by atoms with Crippen molar-refractivity contribution >= 4 is 11.6 Å². The Morgan fingerprint density at radius 2 is 2.18 bits per heavy atom. The van der Waals surface area contributed by atoms with Gasteiger partial charge in [0.15, 0.2) is 0 Å². The molecule has 17 heavy (non-hydrogen) atoms. The van der Waals surface area contributed by atoms with E-state index >= 15 is 0 Å². The quantitative estimate of drug-likeness (QED) is 0.837. The van der Waals surface area contributed by atoms with Crippen LogP contribution in [0.25, 0.3) is 5.69 Å². The largest absolute Gasteiger partial charge is 0.296 e. The lowest BCUT2D eigenvalue weighted by molar-refractivity contribution is 0.346. The van der Waals surface area contributed by atoms with E-state index in [4.69, 9.17) is 11.6 Å². The first kappa shape index (κ1) is 10.6. The van der Waals surface area contributed by atoms with E-state index < -0.39 is 0 Å².